The molecule has 4 rings (SSSR count). The Morgan fingerprint density at radius 1 is 1.11 bits per heavy atom. The van der Waals surface area contributed by atoms with Gasteiger partial charge in [-0.3, -0.25) is 24.5 Å². The topological polar surface area (TPSA) is 95.6 Å². The zero-order chi connectivity index (χ0) is 26.6. The summed E-state index contributed by atoms with van der Waals surface area (Å²) in [7, 11) is 24.1. The smallest absolute Gasteiger partial charge is 0.349 e. The molecule has 174 valence electrons. The predicted molar refractivity (Wildman–Crippen MR) is 129 cm³/mol. The number of rotatable bonds is 5. The van der Waals surface area contributed by atoms with Crippen molar-refractivity contribution in [3.63, 3.8) is 0 Å². The van der Waals surface area contributed by atoms with E-state index in [1.54, 1.807) is 0 Å². The first-order chi connectivity index (χ1) is 16.7. The first-order valence-corrected chi connectivity index (χ1v) is 10.9. The van der Waals surface area contributed by atoms with Crippen LogP contribution in [0.5, 0.6) is 0 Å². The molecule has 0 aromatic heterocycles. The fourth-order valence-corrected chi connectivity index (χ4v) is 4.30. The summed E-state index contributed by atoms with van der Waals surface area (Å²) in [5.74, 6) is -9.37. The number of alkyl halides is 2. The van der Waals surface area contributed by atoms with Crippen LogP contribution in [0.3, 0.4) is 0 Å². The summed E-state index contributed by atoms with van der Waals surface area (Å²) in [4.78, 5) is 50.6. The van der Waals surface area contributed by atoms with Gasteiger partial charge in [0.05, 0.1) is 21.1 Å². The number of nitrogens with zero attached hydrogens (tertiary/aromatic N) is 1. The maximum atomic E-state index is 14.6. The lowest BCUT2D eigenvalue weighted by Gasteiger charge is -2.52. The molecule has 0 spiro atoms. The molecule has 36 heavy (non-hydrogen) atoms. The Morgan fingerprint density at radius 3 is 2.36 bits per heavy atom. The predicted octanol–water partition coefficient (Wildman–Crippen LogP) is 0.736. The molecule has 1 saturated heterocycles. The van der Waals surface area contributed by atoms with Gasteiger partial charge in [0.2, 0.25) is 11.8 Å². The van der Waals surface area contributed by atoms with Gasteiger partial charge in [0.25, 0.3) is 11.8 Å². The molecule has 2 aliphatic heterocycles. The third-order valence-electron chi connectivity index (χ3n) is 6.26. The molecule has 4 amide bonds. The number of carbonyl (C=O) groups excluding carboxylic acids is 4. The van der Waals surface area contributed by atoms with Gasteiger partial charge in [0.15, 0.2) is 0 Å². The van der Waals surface area contributed by atoms with E-state index >= 15 is 0 Å². The standard InChI is InChI=1S/C22H14B4ClF2N3O4/c23-16(31-18(35)21(28,29)12-2-4-13(27)5-3-12)10-1-6-14-11(7-10)9-32(17(14)34)22(26)19(36)30-15(33)8-20(22,24)25/h1-7,16H,8-9H2,(H,31,35)(H,30,33,36)/t16?,22-/m0/s1. The minimum atomic E-state index is -3.89. The summed E-state index contributed by atoms with van der Waals surface area (Å²) in [5, 5.41) is 2.24. The van der Waals surface area contributed by atoms with Gasteiger partial charge in [-0.2, -0.15) is 8.78 Å². The van der Waals surface area contributed by atoms with Crippen molar-refractivity contribution in [1.82, 2.24) is 15.5 Å². The average molecular weight is 501 g/mol. The van der Waals surface area contributed by atoms with Crippen LogP contribution in [0.1, 0.15) is 39.4 Å². The SMILES string of the molecule is [B]C(NC(=O)C(F)(F)c1ccc(Cl)cc1)c1ccc2c(c1)CN([C@@]1([B])C(=O)NC(=O)CC1([B])[B])C2=O. The van der Waals surface area contributed by atoms with Crippen LogP contribution < -0.4 is 10.6 Å². The van der Waals surface area contributed by atoms with Crippen LogP contribution in [0.15, 0.2) is 42.5 Å². The minimum Gasteiger partial charge on any atom is -0.352 e. The molecule has 2 aromatic rings. The van der Waals surface area contributed by atoms with Crippen molar-refractivity contribution in [2.75, 3.05) is 0 Å². The Balaban J connectivity index is 1.55. The number of carbonyl (C=O) groups is 4. The van der Waals surface area contributed by atoms with Crippen molar-refractivity contribution in [3.8, 4) is 0 Å². The summed E-state index contributed by atoms with van der Waals surface area (Å²) < 4.78 is 29.2. The highest BCUT2D eigenvalue weighted by atomic mass is 35.5. The van der Waals surface area contributed by atoms with Gasteiger partial charge in [0.1, 0.15) is 15.7 Å². The van der Waals surface area contributed by atoms with Crippen LogP contribution in [-0.4, -0.2) is 65.4 Å². The molecule has 2 atom stereocenters. The highest BCUT2D eigenvalue weighted by Gasteiger charge is 2.56. The maximum absolute atomic E-state index is 14.6. The van der Waals surface area contributed by atoms with E-state index in [0.717, 1.165) is 17.0 Å². The minimum absolute atomic E-state index is 0.133. The van der Waals surface area contributed by atoms with Crippen molar-refractivity contribution in [2.45, 2.75) is 35.5 Å². The van der Waals surface area contributed by atoms with E-state index in [-0.39, 0.29) is 22.7 Å². The molecule has 2 aromatic carbocycles. The zero-order valence-electron chi connectivity index (χ0n) is 18.6. The van der Waals surface area contributed by atoms with Crippen molar-refractivity contribution in [1.29, 1.82) is 0 Å². The molecule has 1 unspecified atom stereocenters. The van der Waals surface area contributed by atoms with Crippen LogP contribution in [0.2, 0.25) is 10.2 Å². The van der Waals surface area contributed by atoms with Crippen LogP contribution in [0, 0.1) is 0 Å². The number of fused-ring (bicyclic) bond motifs is 1. The van der Waals surface area contributed by atoms with E-state index in [9.17, 15) is 28.0 Å². The van der Waals surface area contributed by atoms with Crippen molar-refractivity contribution in [2.24, 2.45) is 0 Å². The van der Waals surface area contributed by atoms with E-state index < -0.39 is 58.1 Å². The van der Waals surface area contributed by atoms with Crippen LogP contribution >= 0.6 is 11.6 Å². The first kappa shape index (κ1) is 26.0. The molecule has 0 aliphatic carbocycles. The van der Waals surface area contributed by atoms with Gasteiger partial charge in [-0.1, -0.05) is 41.1 Å². The number of nitrogens with one attached hydrogen (secondary N) is 2. The normalized spacial score (nSPS) is 22.1. The Labute approximate surface area is 215 Å². The van der Waals surface area contributed by atoms with Gasteiger partial charge in [-0.25, -0.2) is 0 Å². The summed E-state index contributed by atoms with van der Waals surface area (Å²) >= 11 is 5.71. The molecular weight excluding hydrogens is 487 g/mol. The molecule has 14 heteroatoms. The Kier molecular flexibility index (Phi) is 6.35. The fraction of sp³-hybridized carbons (Fsp3) is 0.273. The lowest BCUT2D eigenvalue weighted by atomic mass is 9.36. The van der Waals surface area contributed by atoms with Crippen molar-refractivity contribution >= 4 is 66.6 Å². The number of hydrogen-bond donors (Lipinski definition) is 2. The molecular formula is C22H14B4ClF2N3O4. The summed E-state index contributed by atoms with van der Waals surface area (Å²) in [5.41, 5.74) is -2.17. The maximum Gasteiger partial charge on any atom is 0.349 e. The fourth-order valence-electron chi connectivity index (χ4n) is 4.18. The van der Waals surface area contributed by atoms with Crippen molar-refractivity contribution < 1.29 is 28.0 Å². The van der Waals surface area contributed by atoms with Gasteiger partial charge in [-0.05, 0) is 29.3 Å². The largest absolute Gasteiger partial charge is 0.352 e. The second-order valence-electron chi connectivity index (χ2n) is 8.70. The summed E-state index contributed by atoms with van der Waals surface area (Å²) in [6.45, 7) is -0.238. The molecule has 1 fully saturated rings. The number of benzene rings is 2. The van der Waals surface area contributed by atoms with E-state index in [2.05, 4.69) is 5.32 Å². The monoisotopic (exact) mass is 501 g/mol. The molecule has 2 aliphatic rings. The van der Waals surface area contributed by atoms with E-state index in [4.69, 9.17) is 43.0 Å². The lowest BCUT2D eigenvalue weighted by Crippen LogP contribution is -2.70. The van der Waals surface area contributed by atoms with Gasteiger partial charge in [-0.15, -0.1) is 0 Å². The quantitative estimate of drug-likeness (QED) is 0.467. The van der Waals surface area contributed by atoms with E-state index in [1.165, 1.54) is 30.3 Å². The van der Waals surface area contributed by atoms with Crippen LogP contribution in [-0.2, 0) is 26.9 Å². The first-order valence-electron chi connectivity index (χ1n) is 10.5. The Bertz CT molecular complexity index is 1290. The van der Waals surface area contributed by atoms with Gasteiger partial charge in [0, 0.05) is 35.1 Å². The molecule has 0 bridgehead atoms. The molecule has 8 radical (unpaired) electrons. The third kappa shape index (κ3) is 4.13. The molecule has 7 nitrogen and oxygen atoms in total. The second kappa shape index (κ2) is 8.80. The van der Waals surface area contributed by atoms with Crippen molar-refractivity contribution in [3.05, 3.63) is 69.7 Å². The second-order valence-corrected chi connectivity index (χ2v) is 9.14. The number of imide groups is 1. The number of halogens is 3. The summed E-state index contributed by atoms with van der Waals surface area (Å²) in [6.07, 6.45) is -0.515. The highest BCUT2D eigenvalue weighted by Crippen LogP contribution is 2.44. The summed E-state index contributed by atoms with van der Waals surface area (Å²) in [6, 6.07) is 8.61. The number of hydrogen-bond acceptors (Lipinski definition) is 4. The van der Waals surface area contributed by atoms with E-state index in [0.29, 0.717) is 5.56 Å². The van der Waals surface area contributed by atoms with Gasteiger partial charge >= 0.3 is 5.92 Å². The number of piperidine rings is 1. The molecule has 2 N–H and O–H groups in total. The lowest BCUT2D eigenvalue weighted by molar-refractivity contribution is -0.147. The highest BCUT2D eigenvalue weighted by molar-refractivity contribution is 6.52. The van der Waals surface area contributed by atoms with Crippen LogP contribution in [0.25, 0.3) is 0 Å². The average Bonchev–Trinajstić information content (AvgIpc) is 3.13. The zero-order valence-corrected chi connectivity index (χ0v) is 19.3. The third-order valence-corrected chi connectivity index (χ3v) is 6.51. The Hall–Kier alpha value is -3.07. The van der Waals surface area contributed by atoms with Crippen LogP contribution in [0.4, 0.5) is 8.78 Å². The van der Waals surface area contributed by atoms with E-state index in [1.807, 2.05) is 5.32 Å². The molecule has 2 heterocycles. The van der Waals surface area contributed by atoms with Gasteiger partial charge < -0.3 is 10.2 Å². The number of amides is 4. The Morgan fingerprint density at radius 2 is 1.75 bits per heavy atom. The molecule has 0 saturated carbocycles.